The van der Waals surface area contributed by atoms with Gasteiger partial charge in [0, 0.05) is 26.2 Å². The van der Waals surface area contributed by atoms with Gasteiger partial charge in [-0.2, -0.15) is 5.10 Å². The lowest BCUT2D eigenvalue weighted by Crippen LogP contribution is -2.28. The Labute approximate surface area is 176 Å². The van der Waals surface area contributed by atoms with E-state index in [0.29, 0.717) is 6.54 Å². The number of hydrogen-bond acceptors (Lipinski definition) is 4. The number of aryl methyl sites for hydroxylation is 1. The summed E-state index contributed by atoms with van der Waals surface area (Å²) >= 11 is 0. The number of carbonyl (C=O) groups excluding carboxylic acids is 1. The van der Waals surface area contributed by atoms with Crippen LogP contribution in [0.5, 0.6) is 0 Å². The highest BCUT2D eigenvalue weighted by atomic mass is 16.2. The molecule has 154 valence electrons. The van der Waals surface area contributed by atoms with E-state index in [-0.39, 0.29) is 17.2 Å². The first-order chi connectivity index (χ1) is 14.6. The molecule has 1 N–H and O–H groups in total. The molecule has 1 aliphatic heterocycles. The van der Waals surface area contributed by atoms with E-state index in [2.05, 4.69) is 45.6 Å². The average molecular weight is 402 g/mol. The number of nitrogens with one attached hydrogen (secondary N) is 1. The first-order valence-electron chi connectivity index (χ1n) is 10.3. The van der Waals surface area contributed by atoms with Crippen molar-refractivity contribution in [2.24, 2.45) is 7.05 Å². The molecular weight excluding hydrogens is 376 g/mol. The minimum Gasteiger partial charge on any atom is -0.347 e. The van der Waals surface area contributed by atoms with E-state index >= 15 is 0 Å². The monoisotopic (exact) mass is 402 g/mol. The predicted molar refractivity (Wildman–Crippen MR) is 117 cm³/mol. The van der Waals surface area contributed by atoms with Crippen molar-refractivity contribution in [3.8, 4) is 11.1 Å². The molecule has 0 spiro atoms. The Bertz CT molecular complexity index is 1080. The van der Waals surface area contributed by atoms with E-state index in [1.165, 1.54) is 50.7 Å². The van der Waals surface area contributed by atoms with Crippen LogP contribution in [0.1, 0.15) is 34.5 Å². The highest BCUT2D eigenvalue weighted by Gasteiger charge is 2.13. The van der Waals surface area contributed by atoms with Gasteiger partial charge in [0.2, 0.25) is 0 Å². The van der Waals surface area contributed by atoms with Crippen molar-refractivity contribution in [2.45, 2.75) is 25.9 Å². The third-order valence-corrected chi connectivity index (χ3v) is 5.52. The Kier molecular flexibility index (Phi) is 6.05. The van der Waals surface area contributed by atoms with Gasteiger partial charge < -0.3 is 5.32 Å². The Morgan fingerprint density at radius 3 is 2.47 bits per heavy atom. The van der Waals surface area contributed by atoms with Gasteiger partial charge in [-0.3, -0.25) is 14.5 Å². The van der Waals surface area contributed by atoms with Gasteiger partial charge in [0.25, 0.3) is 11.5 Å². The van der Waals surface area contributed by atoms with Crippen molar-refractivity contribution < 1.29 is 4.79 Å². The van der Waals surface area contributed by atoms with Crippen molar-refractivity contribution in [3.63, 3.8) is 0 Å². The van der Waals surface area contributed by atoms with Crippen molar-refractivity contribution in [3.05, 3.63) is 87.8 Å². The summed E-state index contributed by atoms with van der Waals surface area (Å²) < 4.78 is 1.16. The second-order valence-corrected chi connectivity index (χ2v) is 7.70. The maximum atomic E-state index is 12.4. The summed E-state index contributed by atoms with van der Waals surface area (Å²) in [6.45, 7) is 3.77. The minimum atomic E-state index is -0.304. The minimum absolute atomic E-state index is 0.223. The summed E-state index contributed by atoms with van der Waals surface area (Å²) in [5.74, 6) is -0.304. The van der Waals surface area contributed by atoms with Gasteiger partial charge in [0.05, 0.1) is 0 Å². The molecule has 0 saturated carbocycles. The van der Waals surface area contributed by atoms with Crippen molar-refractivity contribution >= 4 is 5.91 Å². The maximum absolute atomic E-state index is 12.4. The molecule has 1 aliphatic rings. The smallest absolute Gasteiger partial charge is 0.271 e. The van der Waals surface area contributed by atoms with Gasteiger partial charge in [-0.25, -0.2) is 4.68 Å². The summed E-state index contributed by atoms with van der Waals surface area (Å²) in [6, 6.07) is 19.5. The van der Waals surface area contributed by atoms with Crippen LogP contribution in [0.2, 0.25) is 0 Å². The first-order valence-corrected chi connectivity index (χ1v) is 10.3. The summed E-state index contributed by atoms with van der Waals surface area (Å²) in [5, 5.41) is 6.91. The van der Waals surface area contributed by atoms with Crippen LogP contribution in [0, 0.1) is 0 Å². The summed E-state index contributed by atoms with van der Waals surface area (Å²) in [5.41, 5.74) is 4.56. The molecule has 0 atom stereocenters. The number of aromatic nitrogens is 2. The SMILES string of the molecule is Cn1nc(C(=O)NCc2ccccc2-c2ccc(CN3CCCC3)cc2)ccc1=O. The fraction of sp³-hybridized carbons (Fsp3) is 0.292. The van der Waals surface area contributed by atoms with Crippen LogP contribution >= 0.6 is 0 Å². The van der Waals surface area contributed by atoms with Gasteiger partial charge in [-0.05, 0) is 54.3 Å². The van der Waals surface area contributed by atoms with Gasteiger partial charge in [0.1, 0.15) is 5.69 Å². The van der Waals surface area contributed by atoms with Crippen LogP contribution < -0.4 is 10.9 Å². The lowest BCUT2D eigenvalue weighted by atomic mass is 9.98. The number of carbonyl (C=O) groups is 1. The molecule has 2 heterocycles. The fourth-order valence-electron chi connectivity index (χ4n) is 3.83. The molecule has 0 unspecified atom stereocenters. The van der Waals surface area contributed by atoms with E-state index in [1.54, 1.807) is 0 Å². The Morgan fingerprint density at radius 2 is 1.73 bits per heavy atom. The lowest BCUT2D eigenvalue weighted by molar-refractivity contribution is 0.0943. The van der Waals surface area contributed by atoms with Crippen molar-refractivity contribution in [1.82, 2.24) is 20.0 Å². The van der Waals surface area contributed by atoms with E-state index < -0.39 is 0 Å². The zero-order valence-electron chi connectivity index (χ0n) is 17.2. The largest absolute Gasteiger partial charge is 0.347 e. The third-order valence-electron chi connectivity index (χ3n) is 5.52. The van der Waals surface area contributed by atoms with Crippen LogP contribution in [-0.2, 0) is 20.1 Å². The molecule has 3 aromatic rings. The van der Waals surface area contributed by atoms with E-state index in [0.717, 1.165) is 27.9 Å². The number of hydrogen-bond donors (Lipinski definition) is 1. The molecule has 30 heavy (non-hydrogen) atoms. The molecule has 6 heteroatoms. The highest BCUT2D eigenvalue weighted by molar-refractivity contribution is 5.92. The lowest BCUT2D eigenvalue weighted by Gasteiger charge is -2.15. The van der Waals surface area contributed by atoms with Crippen LogP contribution in [0.25, 0.3) is 11.1 Å². The van der Waals surface area contributed by atoms with Gasteiger partial charge in [0.15, 0.2) is 0 Å². The molecule has 6 nitrogen and oxygen atoms in total. The maximum Gasteiger partial charge on any atom is 0.271 e. The Morgan fingerprint density at radius 1 is 1.00 bits per heavy atom. The van der Waals surface area contributed by atoms with Crippen molar-refractivity contribution in [2.75, 3.05) is 13.1 Å². The number of nitrogens with zero attached hydrogens (tertiary/aromatic N) is 3. The fourth-order valence-corrected chi connectivity index (χ4v) is 3.83. The molecule has 1 saturated heterocycles. The zero-order valence-corrected chi connectivity index (χ0v) is 17.2. The van der Waals surface area contributed by atoms with E-state index in [9.17, 15) is 9.59 Å². The Hall–Kier alpha value is -3.25. The predicted octanol–water partition coefficient (Wildman–Crippen LogP) is 2.97. The van der Waals surface area contributed by atoms with Crippen LogP contribution in [0.15, 0.2) is 65.5 Å². The normalized spacial score (nSPS) is 14.0. The van der Waals surface area contributed by atoms with Crippen LogP contribution in [0.4, 0.5) is 0 Å². The first kappa shape index (κ1) is 20.0. The zero-order chi connectivity index (χ0) is 20.9. The average Bonchev–Trinajstić information content (AvgIpc) is 3.28. The second kappa shape index (κ2) is 9.05. The Balaban J connectivity index is 1.46. The summed E-state index contributed by atoms with van der Waals surface area (Å²) in [6.07, 6.45) is 2.60. The quantitative estimate of drug-likeness (QED) is 0.688. The standard InChI is InChI=1S/C24H26N4O2/c1-27-23(29)13-12-22(26-27)24(30)25-16-20-6-2-3-7-21(20)19-10-8-18(9-11-19)17-28-14-4-5-15-28/h2-3,6-13H,4-5,14-17H2,1H3,(H,25,30). The number of likely N-dealkylation sites (tertiary alicyclic amines) is 1. The van der Waals surface area contributed by atoms with Crippen LogP contribution in [0.3, 0.4) is 0 Å². The van der Waals surface area contributed by atoms with E-state index in [1.807, 2.05) is 18.2 Å². The number of rotatable bonds is 6. The number of amides is 1. The molecular formula is C24H26N4O2. The molecule has 1 fully saturated rings. The molecule has 4 rings (SSSR count). The molecule has 1 aromatic heterocycles. The second-order valence-electron chi connectivity index (χ2n) is 7.70. The summed E-state index contributed by atoms with van der Waals surface area (Å²) in [4.78, 5) is 26.4. The van der Waals surface area contributed by atoms with Gasteiger partial charge >= 0.3 is 0 Å². The highest BCUT2D eigenvalue weighted by Crippen LogP contribution is 2.25. The molecule has 1 amide bonds. The molecule has 0 aliphatic carbocycles. The summed E-state index contributed by atoms with van der Waals surface area (Å²) in [7, 11) is 1.53. The van der Waals surface area contributed by atoms with Gasteiger partial charge in [-0.1, -0.05) is 48.5 Å². The van der Waals surface area contributed by atoms with E-state index in [4.69, 9.17) is 0 Å². The van der Waals surface area contributed by atoms with Crippen molar-refractivity contribution in [1.29, 1.82) is 0 Å². The van der Waals surface area contributed by atoms with Gasteiger partial charge in [-0.15, -0.1) is 0 Å². The van der Waals surface area contributed by atoms with Crippen LogP contribution in [-0.4, -0.2) is 33.7 Å². The third kappa shape index (κ3) is 4.66. The number of benzene rings is 2. The molecule has 0 bridgehead atoms. The molecule has 2 aromatic carbocycles. The molecule has 0 radical (unpaired) electrons. The topological polar surface area (TPSA) is 67.2 Å².